The highest BCUT2D eigenvalue weighted by molar-refractivity contribution is 5.99. The van der Waals surface area contributed by atoms with Crippen LogP contribution in [0.3, 0.4) is 0 Å². The van der Waals surface area contributed by atoms with Crippen LogP contribution in [0.2, 0.25) is 0 Å². The van der Waals surface area contributed by atoms with E-state index in [1.54, 1.807) is 19.0 Å². The third kappa shape index (κ3) is 4.97. The number of nitrogens with zero attached hydrogens (tertiary/aromatic N) is 2. The van der Waals surface area contributed by atoms with E-state index >= 15 is 0 Å². The van der Waals surface area contributed by atoms with Gasteiger partial charge in [0.15, 0.2) is 6.61 Å². The highest BCUT2D eigenvalue weighted by Gasteiger charge is 2.20. The predicted octanol–water partition coefficient (Wildman–Crippen LogP) is 2.73. The third-order valence-electron chi connectivity index (χ3n) is 3.43. The molecule has 0 aromatic heterocycles. The molecule has 10 heteroatoms. The number of amides is 1. The lowest BCUT2D eigenvalue weighted by atomic mass is 10.1. The number of nitro groups is 1. The molecule has 1 amide bonds. The van der Waals surface area contributed by atoms with E-state index in [-0.39, 0.29) is 16.9 Å². The van der Waals surface area contributed by atoms with E-state index in [1.807, 2.05) is 0 Å². The molecule has 0 saturated carbocycles. The summed E-state index contributed by atoms with van der Waals surface area (Å²) in [4.78, 5) is 35.8. The Hall–Kier alpha value is -3.56. The summed E-state index contributed by atoms with van der Waals surface area (Å²) < 4.78 is 31.2. The maximum absolute atomic E-state index is 13.5. The van der Waals surface area contributed by atoms with E-state index in [0.29, 0.717) is 11.8 Å². The second-order valence-electron chi connectivity index (χ2n) is 5.60. The van der Waals surface area contributed by atoms with Crippen LogP contribution in [0.1, 0.15) is 10.4 Å². The fourth-order valence-corrected chi connectivity index (χ4v) is 2.18. The third-order valence-corrected chi connectivity index (χ3v) is 3.43. The number of hydrogen-bond acceptors (Lipinski definition) is 6. The van der Waals surface area contributed by atoms with Gasteiger partial charge in [-0.05, 0) is 18.2 Å². The molecule has 27 heavy (non-hydrogen) atoms. The number of rotatable bonds is 6. The van der Waals surface area contributed by atoms with Gasteiger partial charge in [-0.2, -0.15) is 0 Å². The lowest BCUT2D eigenvalue weighted by molar-refractivity contribution is -0.384. The fraction of sp³-hybridized carbons (Fsp3) is 0.176. The van der Waals surface area contributed by atoms with Gasteiger partial charge < -0.3 is 15.0 Å². The van der Waals surface area contributed by atoms with E-state index in [0.717, 1.165) is 18.2 Å². The molecule has 2 rings (SSSR count). The summed E-state index contributed by atoms with van der Waals surface area (Å²) in [7, 11) is 3.25. The highest BCUT2D eigenvalue weighted by atomic mass is 19.1. The Morgan fingerprint density at radius 2 is 1.89 bits per heavy atom. The average molecular weight is 379 g/mol. The largest absolute Gasteiger partial charge is 0.452 e. The smallest absolute Gasteiger partial charge is 0.341 e. The average Bonchev–Trinajstić information content (AvgIpc) is 2.61. The van der Waals surface area contributed by atoms with Crippen molar-refractivity contribution in [1.82, 2.24) is 0 Å². The Kier molecular flexibility index (Phi) is 6.01. The van der Waals surface area contributed by atoms with E-state index < -0.39 is 35.0 Å². The summed E-state index contributed by atoms with van der Waals surface area (Å²) in [6.07, 6.45) is 0. The van der Waals surface area contributed by atoms with Crippen LogP contribution in [0.15, 0.2) is 36.4 Å². The summed E-state index contributed by atoms with van der Waals surface area (Å²) >= 11 is 0. The normalized spacial score (nSPS) is 10.2. The molecule has 0 aliphatic carbocycles. The number of carbonyl (C=O) groups excluding carboxylic acids is 2. The summed E-state index contributed by atoms with van der Waals surface area (Å²) in [5.74, 6) is -3.61. The van der Waals surface area contributed by atoms with Crippen molar-refractivity contribution in [1.29, 1.82) is 0 Å². The lowest BCUT2D eigenvalue weighted by Gasteiger charge is -2.16. The van der Waals surface area contributed by atoms with Crippen molar-refractivity contribution in [3.8, 4) is 0 Å². The topological polar surface area (TPSA) is 102 Å². The van der Waals surface area contributed by atoms with E-state index in [2.05, 4.69) is 5.32 Å². The van der Waals surface area contributed by atoms with Gasteiger partial charge in [-0.3, -0.25) is 14.9 Å². The maximum Gasteiger partial charge on any atom is 0.341 e. The predicted molar refractivity (Wildman–Crippen MR) is 92.7 cm³/mol. The van der Waals surface area contributed by atoms with Gasteiger partial charge in [0.25, 0.3) is 11.6 Å². The molecule has 0 atom stereocenters. The molecule has 142 valence electrons. The maximum atomic E-state index is 13.5. The summed E-state index contributed by atoms with van der Waals surface area (Å²) in [6.45, 7) is -0.759. The van der Waals surface area contributed by atoms with E-state index in [4.69, 9.17) is 4.74 Å². The Morgan fingerprint density at radius 1 is 1.19 bits per heavy atom. The minimum absolute atomic E-state index is 0.102. The molecule has 0 aliphatic heterocycles. The summed E-state index contributed by atoms with van der Waals surface area (Å²) in [6, 6.07) is 6.22. The number of nitro benzene ring substituents is 1. The number of benzene rings is 2. The van der Waals surface area contributed by atoms with Crippen LogP contribution in [0.25, 0.3) is 0 Å². The molecule has 0 unspecified atom stereocenters. The van der Waals surface area contributed by atoms with Gasteiger partial charge in [-0.15, -0.1) is 0 Å². The van der Waals surface area contributed by atoms with Crippen LogP contribution >= 0.6 is 0 Å². The zero-order valence-electron chi connectivity index (χ0n) is 14.4. The van der Waals surface area contributed by atoms with Gasteiger partial charge in [0.1, 0.15) is 11.6 Å². The van der Waals surface area contributed by atoms with Crippen LogP contribution in [0, 0.1) is 21.7 Å². The van der Waals surface area contributed by atoms with Crippen molar-refractivity contribution >= 4 is 28.9 Å². The lowest BCUT2D eigenvalue weighted by Crippen LogP contribution is -2.22. The number of nitrogens with one attached hydrogen (secondary N) is 1. The second-order valence-corrected chi connectivity index (χ2v) is 5.60. The van der Waals surface area contributed by atoms with Crippen LogP contribution in [-0.2, 0) is 9.53 Å². The number of halogens is 2. The second kappa shape index (κ2) is 8.21. The zero-order chi connectivity index (χ0) is 20.1. The standard InChI is InChI=1S/C17H15F2N3O5/c1-21(2)15-6-4-11(22(25)26)8-12(15)17(24)27-9-16(23)20-14-5-3-10(18)7-13(14)19/h3-8H,9H2,1-2H3,(H,20,23). The fourth-order valence-electron chi connectivity index (χ4n) is 2.18. The SMILES string of the molecule is CN(C)c1ccc([N+](=O)[O-])cc1C(=O)OCC(=O)Nc1ccc(F)cc1F. The highest BCUT2D eigenvalue weighted by Crippen LogP contribution is 2.25. The Balaban J connectivity index is 2.09. The number of non-ortho nitro benzene ring substituents is 1. The first-order chi connectivity index (χ1) is 12.7. The Labute approximate surface area is 152 Å². The molecule has 2 aromatic rings. The van der Waals surface area contributed by atoms with Crippen molar-refractivity contribution in [3.05, 3.63) is 63.7 Å². The summed E-state index contributed by atoms with van der Waals surface area (Å²) in [5.41, 5.74) is -0.335. The van der Waals surface area contributed by atoms with Gasteiger partial charge in [0.2, 0.25) is 0 Å². The van der Waals surface area contributed by atoms with Gasteiger partial charge in [0.05, 0.1) is 21.9 Å². The van der Waals surface area contributed by atoms with Crippen molar-refractivity contribution in [3.63, 3.8) is 0 Å². The number of hydrogen-bond donors (Lipinski definition) is 1. The van der Waals surface area contributed by atoms with Crippen LogP contribution < -0.4 is 10.2 Å². The molecule has 0 saturated heterocycles. The Morgan fingerprint density at radius 3 is 2.48 bits per heavy atom. The number of carbonyl (C=O) groups is 2. The monoisotopic (exact) mass is 379 g/mol. The quantitative estimate of drug-likeness (QED) is 0.470. The molecule has 0 spiro atoms. The molecule has 2 aromatic carbocycles. The molecule has 0 bridgehead atoms. The van der Waals surface area contributed by atoms with Crippen molar-refractivity contribution in [2.24, 2.45) is 0 Å². The summed E-state index contributed by atoms with van der Waals surface area (Å²) in [5, 5.41) is 13.0. The first-order valence-corrected chi connectivity index (χ1v) is 7.57. The first-order valence-electron chi connectivity index (χ1n) is 7.57. The molecule has 8 nitrogen and oxygen atoms in total. The number of anilines is 2. The molecular formula is C17H15F2N3O5. The molecular weight excluding hydrogens is 364 g/mol. The van der Waals surface area contributed by atoms with Gasteiger partial charge in [0, 0.05) is 32.3 Å². The minimum Gasteiger partial charge on any atom is -0.452 e. The van der Waals surface area contributed by atoms with Gasteiger partial charge in [-0.25, -0.2) is 13.6 Å². The molecule has 0 heterocycles. The van der Waals surface area contributed by atoms with Gasteiger partial charge >= 0.3 is 5.97 Å². The van der Waals surface area contributed by atoms with Crippen LogP contribution in [0.4, 0.5) is 25.8 Å². The van der Waals surface area contributed by atoms with Crippen LogP contribution in [-0.4, -0.2) is 37.5 Å². The van der Waals surface area contributed by atoms with Crippen molar-refractivity contribution in [2.45, 2.75) is 0 Å². The number of esters is 1. The Bertz CT molecular complexity index is 902. The number of ether oxygens (including phenoxy) is 1. The molecule has 0 fully saturated rings. The molecule has 1 N–H and O–H groups in total. The molecule has 0 aliphatic rings. The van der Waals surface area contributed by atoms with Crippen LogP contribution in [0.5, 0.6) is 0 Å². The zero-order valence-corrected chi connectivity index (χ0v) is 14.4. The van der Waals surface area contributed by atoms with Crippen molar-refractivity contribution in [2.75, 3.05) is 30.9 Å². The minimum atomic E-state index is -0.983. The van der Waals surface area contributed by atoms with E-state index in [9.17, 15) is 28.5 Å². The van der Waals surface area contributed by atoms with Crippen molar-refractivity contribution < 1.29 is 28.0 Å². The first kappa shape index (κ1) is 19.8. The van der Waals surface area contributed by atoms with Gasteiger partial charge in [-0.1, -0.05) is 0 Å². The van der Waals surface area contributed by atoms with E-state index in [1.165, 1.54) is 12.1 Å². The molecule has 0 radical (unpaired) electrons.